The molecule has 0 aromatic heterocycles. The van der Waals surface area contributed by atoms with Gasteiger partial charge in [0.05, 0.1) is 9.95 Å². The van der Waals surface area contributed by atoms with Crippen LogP contribution < -0.4 is 4.90 Å². The van der Waals surface area contributed by atoms with Crippen LogP contribution >= 0.6 is 11.6 Å². The van der Waals surface area contributed by atoms with E-state index in [9.17, 15) is 23.3 Å². The van der Waals surface area contributed by atoms with Gasteiger partial charge < -0.3 is 4.90 Å². The zero-order valence-electron chi connectivity index (χ0n) is 16.0. The monoisotopic (exact) mass is 449 g/mol. The highest BCUT2D eigenvalue weighted by atomic mass is 35.5. The standard InChI is InChI=1S/C20H20ClN3O5S/c21-17-6-5-16(24(26)27)13-19(17)30(28,29)22-10-7-15(8-11-22)20(25)23-12-9-14-3-1-2-4-18(14)23/h1-6,13,15H,7-12H2. The molecule has 1 amide bonds. The molecule has 4 rings (SSSR count). The van der Waals surface area contributed by atoms with Crippen LogP contribution in [0.3, 0.4) is 0 Å². The maximum Gasteiger partial charge on any atom is 0.270 e. The lowest BCUT2D eigenvalue weighted by Crippen LogP contribution is -2.44. The third-order valence-corrected chi connectivity index (χ3v) is 8.08. The molecule has 0 atom stereocenters. The van der Waals surface area contributed by atoms with Crippen molar-refractivity contribution >= 4 is 38.9 Å². The van der Waals surface area contributed by atoms with Crippen molar-refractivity contribution in [3.05, 3.63) is 63.2 Å². The summed E-state index contributed by atoms with van der Waals surface area (Å²) < 4.78 is 27.3. The van der Waals surface area contributed by atoms with Crippen molar-refractivity contribution < 1.29 is 18.1 Å². The van der Waals surface area contributed by atoms with E-state index < -0.39 is 14.9 Å². The molecule has 2 aromatic carbocycles. The van der Waals surface area contributed by atoms with Crippen LogP contribution in [-0.4, -0.2) is 43.2 Å². The Bertz CT molecular complexity index is 1110. The first kappa shape index (κ1) is 20.8. The number of rotatable bonds is 4. The number of para-hydroxylation sites is 1. The maximum atomic E-state index is 13.0. The van der Waals surface area contributed by atoms with Crippen LogP contribution in [0.15, 0.2) is 47.4 Å². The lowest BCUT2D eigenvalue weighted by atomic mass is 9.96. The number of fused-ring (bicyclic) bond motifs is 1. The summed E-state index contributed by atoms with van der Waals surface area (Å²) in [5.41, 5.74) is 1.74. The highest BCUT2D eigenvalue weighted by Gasteiger charge is 2.36. The number of anilines is 1. The Balaban J connectivity index is 1.48. The second-order valence-electron chi connectivity index (χ2n) is 7.42. The van der Waals surface area contributed by atoms with Crippen molar-refractivity contribution in [2.45, 2.75) is 24.2 Å². The zero-order chi connectivity index (χ0) is 21.5. The molecule has 0 bridgehead atoms. The Labute approximate surface area is 179 Å². The molecule has 1 saturated heterocycles. The number of sulfonamides is 1. The topological polar surface area (TPSA) is 101 Å². The highest BCUT2D eigenvalue weighted by molar-refractivity contribution is 7.89. The fourth-order valence-corrected chi connectivity index (χ4v) is 6.04. The van der Waals surface area contributed by atoms with Crippen LogP contribution in [0.4, 0.5) is 11.4 Å². The predicted octanol–water partition coefficient (Wildman–Crippen LogP) is 3.24. The summed E-state index contributed by atoms with van der Waals surface area (Å²) >= 11 is 6.03. The van der Waals surface area contributed by atoms with E-state index in [1.165, 1.54) is 16.4 Å². The first-order valence-electron chi connectivity index (χ1n) is 9.62. The Morgan fingerprint density at radius 2 is 1.80 bits per heavy atom. The fourth-order valence-electron chi connectivity index (χ4n) is 4.07. The maximum absolute atomic E-state index is 13.0. The number of amides is 1. The molecule has 0 unspecified atom stereocenters. The molecular weight excluding hydrogens is 430 g/mol. The molecule has 2 aromatic rings. The van der Waals surface area contributed by atoms with Gasteiger partial charge in [0.1, 0.15) is 4.90 Å². The lowest BCUT2D eigenvalue weighted by Gasteiger charge is -2.32. The van der Waals surface area contributed by atoms with E-state index >= 15 is 0 Å². The van der Waals surface area contributed by atoms with E-state index in [2.05, 4.69) is 0 Å². The van der Waals surface area contributed by atoms with Crippen molar-refractivity contribution in [2.24, 2.45) is 5.92 Å². The second-order valence-corrected chi connectivity index (χ2v) is 9.73. The number of nitro benzene ring substituents is 1. The minimum Gasteiger partial charge on any atom is -0.312 e. The number of nitrogens with zero attached hydrogens (tertiary/aromatic N) is 3. The Kier molecular flexibility index (Phi) is 5.52. The summed E-state index contributed by atoms with van der Waals surface area (Å²) in [6.07, 6.45) is 1.60. The number of non-ortho nitro benzene ring substituents is 1. The van der Waals surface area contributed by atoms with Crippen molar-refractivity contribution in [1.82, 2.24) is 4.31 Å². The molecule has 8 nitrogen and oxygen atoms in total. The summed E-state index contributed by atoms with van der Waals surface area (Å²) in [7, 11) is -3.99. The number of carbonyl (C=O) groups is 1. The molecule has 0 saturated carbocycles. The van der Waals surface area contributed by atoms with Crippen molar-refractivity contribution in [3.8, 4) is 0 Å². The summed E-state index contributed by atoms with van der Waals surface area (Å²) in [5.74, 6) is -0.242. The van der Waals surface area contributed by atoms with Gasteiger partial charge in [0, 0.05) is 43.4 Å². The second kappa shape index (κ2) is 7.98. The molecule has 30 heavy (non-hydrogen) atoms. The molecule has 2 aliphatic rings. The highest BCUT2D eigenvalue weighted by Crippen LogP contribution is 2.34. The quantitative estimate of drug-likeness (QED) is 0.526. The zero-order valence-corrected chi connectivity index (χ0v) is 17.6. The van der Waals surface area contributed by atoms with Crippen LogP contribution in [0.2, 0.25) is 5.02 Å². The molecule has 0 spiro atoms. The van der Waals surface area contributed by atoms with Crippen LogP contribution in [0, 0.1) is 16.0 Å². The molecule has 158 valence electrons. The summed E-state index contributed by atoms with van der Waals surface area (Å²) in [5, 5.41) is 10.9. The lowest BCUT2D eigenvalue weighted by molar-refractivity contribution is -0.385. The number of hydrogen-bond acceptors (Lipinski definition) is 5. The van der Waals surface area contributed by atoms with Gasteiger partial charge in [-0.15, -0.1) is 0 Å². The predicted molar refractivity (Wildman–Crippen MR) is 112 cm³/mol. The van der Waals surface area contributed by atoms with Gasteiger partial charge in [0.25, 0.3) is 5.69 Å². The van der Waals surface area contributed by atoms with Crippen molar-refractivity contribution in [1.29, 1.82) is 0 Å². The summed E-state index contributed by atoms with van der Waals surface area (Å²) in [4.78, 5) is 24.9. The number of benzene rings is 2. The van der Waals surface area contributed by atoms with Gasteiger partial charge in [-0.2, -0.15) is 4.31 Å². The SMILES string of the molecule is O=C(C1CCN(S(=O)(=O)c2cc([N+](=O)[O-])ccc2Cl)CC1)N1CCc2ccccc21. The Hall–Kier alpha value is -2.49. The minimum absolute atomic E-state index is 0.0189. The van der Waals surface area contributed by atoms with Crippen LogP contribution in [0.1, 0.15) is 18.4 Å². The Morgan fingerprint density at radius 1 is 1.10 bits per heavy atom. The van der Waals surface area contributed by atoms with E-state index in [4.69, 9.17) is 11.6 Å². The molecule has 2 heterocycles. The molecule has 2 aliphatic heterocycles. The summed E-state index contributed by atoms with van der Waals surface area (Å²) in [6.45, 7) is 0.959. The van der Waals surface area contributed by atoms with Gasteiger partial charge in [-0.25, -0.2) is 8.42 Å². The first-order valence-corrected chi connectivity index (χ1v) is 11.4. The average Bonchev–Trinajstić information content (AvgIpc) is 3.17. The first-order chi connectivity index (χ1) is 14.3. The molecule has 10 heteroatoms. The van der Waals surface area contributed by atoms with Gasteiger partial charge in [-0.3, -0.25) is 14.9 Å². The van der Waals surface area contributed by atoms with Crippen LogP contribution in [-0.2, 0) is 21.2 Å². The average molecular weight is 450 g/mol. The van der Waals surface area contributed by atoms with E-state index in [0.29, 0.717) is 19.4 Å². The molecule has 0 aliphatic carbocycles. The number of piperidine rings is 1. The van der Waals surface area contributed by atoms with Gasteiger partial charge in [0.15, 0.2) is 0 Å². The van der Waals surface area contributed by atoms with E-state index in [0.717, 1.165) is 23.7 Å². The minimum atomic E-state index is -3.99. The normalized spacial score (nSPS) is 17.7. The fraction of sp³-hybridized carbons (Fsp3) is 0.350. The van der Waals surface area contributed by atoms with Crippen molar-refractivity contribution in [3.63, 3.8) is 0 Å². The smallest absolute Gasteiger partial charge is 0.270 e. The number of nitro groups is 1. The third-order valence-electron chi connectivity index (χ3n) is 5.70. The number of hydrogen-bond donors (Lipinski definition) is 0. The number of halogens is 1. The van der Waals surface area contributed by atoms with Crippen molar-refractivity contribution in [2.75, 3.05) is 24.5 Å². The summed E-state index contributed by atoms with van der Waals surface area (Å²) in [6, 6.07) is 11.2. The van der Waals surface area contributed by atoms with E-state index in [-0.39, 0.29) is 40.5 Å². The third kappa shape index (κ3) is 3.68. The van der Waals surface area contributed by atoms with Crippen LogP contribution in [0.5, 0.6) is 0 Å². The van der Waals surface area contributed by atoms with Gasteiger partial charge >= 0.3 is 0 Å². The van der Waals surface area contributed by atoms with Gasteiger partial charge in [-0.05, 0) is 37.0 Å². The molecule has 1 fully saturated rings. The Morgan fingerprint density at radius 3 is 2.50 bits per heavy atom. The molecular formula is C20H20ClN3O5S. The molecule has 0 radical (unpaired) electrons. The van der Waals surface area contributed by atoms with E-state index in [1.807, 2.05) is 24.3 Å². The van der Waals surface area contributed by atoms with Gasteiger partial charge in [-0.1, -0.05) is 29.8 Å². The molecule has 0 N–H and O–H groups in total. The number of carbonyl (C=O) groups excluding carboxylic acids is 1. The van der Waals surface area contributed by atoms with Gasteiger partial charge in [0.2, 0.25) is 15.9 Å². The largest absolute Gasteiger partial charge is 0.312 e. The van der Waals surface area contributed by atoms with E-state index in [1.54, 1.807) is 4.90 Å². The van der Waals surface area contributed by atoms with Crippen LogP contribution in [0.25, 0.3) is 0 Å².